The smallest absolute Gasteiger partial charge is 0.254 e. The molecule has 1 aliphatic heterocycles. The lowest BCUT2D eigenvalue weighted by atomic mass is 9.90. The second kappa shape index (κ2) is 5.74. The van der Waals surface area contributed by atoms with Crippen molar-refractivity contribution in [1.29, 1.82) is 0 Å². The SMILES string of the molecule is CCC1CN(C(=O)c2cccc(C)c2C)CCC1N. The summed E-state index contributed by atoms with van der Waals surface area (Å²) in [6, 6.07) is 6.18. The van der Waals surface area contributed by atoms with E-state index in [1.807, 2.05) is 36.9 Å². The molecule has 1 amide bonds. The minimum absolute atomic E-state index is 0.159. The summed E-state index contributed by atoms with van der Waals surface area (Å²) in [5.74, 6) is 0.592. The Morgan fingerprint density at radius 2 is 2.16 bits per heavy atom. The normalized spacial score (nSPS) is 23.5. The number of amides is 1. The Morgan fingerprint density at radius 1 is 1.42 bits per heavy atom. The highest BCUT2D eigenvalue weighted by Crippen LogP contribution is 2.22. The minimum Gasteiger partial charge on any atom is -0.338 e. The standard InChI is InChI=1S/C16H24N2O/c1-4-13-10-18(9-8-15(13)17)16(19)14-7-5-6-11(2)12(14)3/h5-7,13,15H,4,8-10,17H2,1-3H3. The van der Waals surface area contributed by atoms with Crippen LogP contribution in [0.15, 0.2) is 18.2 Å². The number of rotatable bonds is 2. The first-order valence-electron chi connectivity index (χ1n) is 7.15. The number of nitrogens with zero attached hydrogens (tertiary/aromatic N) is 1. The molecule has 1 aliphatic rings. The van der Waals surface area contributed by atoms with Gasteiger partial charge in [-0.1, -0.05) is 25.5 Å². The molecule has 0 aromatic heterocycles. The molecule has 2 N–H and O–H groups in total. The molecule has 2 rings (SSSR count). The van der Waals surface area contributed by atoms with Crippen LogP contribution in [-0.2, 0) is 0 Å². The monoisotopic (exact) mass is 260 g/mol. The van der Waals surface area contributed by atoms with Gasteiger partial charge in [-0.15, -0.1) is 0 Å². The first-order valence-corrected chi connectivity index (χ1v) is 7.15. The molecule has 1 aromatic carbocycles. The van der Waals surface area contributed by atoms with E-state index in [9.17, 15) is 4.79 Å². The molecule has 0 radical (unpaired) electrons. The molecule has 104 valence electrons. The summed E-state index contributed by atoms with van der Waals surface area (Å²) in [6.07, 6.45) is 1.95. The Bertz CT molecular complexity index is 470. The van der Waals surface area contributed by atoms with Crippen molar-refractivity contribution in [2.45, 2.75) is 39.7 Å². The largest absolute Gasteiger partial charge is 0.338 e. The van der Waals surface area contributed by atoms with E-state index in [4.69, 9.17) is 5.73 Å². The maximum absolute atomic E-state index is 12.6. The van der Waals surface area contributed by atoms with Crippen molar-refractivity contribution in [3.63, 3.8) is 0 Å². The highest BCUT2D eigenvalue weighted by atomic mass is 16.2. The van der Waals surface area contributed by atoms with Gasteiger partial charge in [0.15, 0.2) is 0 Å². The quantitative estimate of drug-likeness (QED) is 0.888. The van der Waals surface area contributed by atoms with Gasteiger partial charge in [-0.2, -0.15) is 0 Å². The van der Waals surface area contributed by atoms with E-state index in [1.54, 1.807) is 0 Å². The van der Waals surface area contributed by atoms with Crippen LogP contribution < -0.4 is 5.73 Å². The van der Waals surface area contributed by atoms with E-state index in [1.165, 1.54) is 5.56 Å². The zero-order chi connectivity index (χ0) is 14.0. The van der Waals surface area contributed by atoms with Crippen LogP contribution in [-0.4, -0.2) is 29.9 Å². The lowest BCUT2D eigenvalue weighted by molar-refractivity contribution is 0.0648. The number of benzene rings is 1. The highest BCUT2D eigenvalue weighted by Gasteiger charge is 2.29. The van der Waals surface area contributed by atoms with Gasteiger partial charge in [-0.25, -0.2) is 0 Å². The van der Waals surface area contributed by atoms with Crippen molar-refractivity contribution in [3.05, 3.63) is 34.9 Å². The number of carbonyl (C=O) groups excluding carboxylic acids is 1. The van der Waals surface area contributed by atoms with Crippen molar-refractivity contribution in [2.24, 2.45) is 11.7 Å². The summed E-state index contributed by atoms with van der Waals surface area (Å²) in [5.41, 5.74) is 9.21. The van der Waals surface area contributed by atoms with E-state index in [-0.39, 0.29) is 11.9 Å². The number of nitrogens with two attached hydrogens (primary N) is 1. The van der Waals surface area contributed by atoms with E-state index >= 15 is 0 Å². The molecule has 1 aromatic rings. The number of hydrogen-bond acceptors (Lipinski definition) is 2. The summed E-state index contributed by atoms with van der Waals surface area (Å²) in [6.45, 7) is 7.80. The zero-order valence-corrected chi connectivity index (χ0v) is 12.1. The fourth-order valence-corrected chi connectivity index (χ4v) is 2.82. The van der Waals surface area contributed by atoms with E-state index < -0.39 is 0 Å². The van der Waals surface area contributed by atoms with E-state index in [0.29, 0.717) is 5.92 Å². The fraction of sp³-hybridized carbons (Fsp3) is 0.562. The average molecular weight is 260 g/mol. The van der Waals surface area contributed by atoms with Crippen LogP contribution in [0, 0.1) is 19.8 Å². The lowest BCUT2D eigenvalue weighted by Crippen LogP contribution is -2.49. The fourth-order valence-electron chi connectivity index (χ4n) is 2.82. The second-order valence-electron chi connectivity index (χ2n) is 5.62. The molecule has 19 heavy (non-hydrogen) atoms. The van der Waals surface area contributed by atoms with Gasteiger partial charge in [-0.05, 0) is 43.4 Å². The molecule has 2 atom stereocenters. The average Bonchev–Trinajstić information content (AvgIpc) is 2.41. The maximum atomic E-state index is 12.6. The Labute approximate surface area is 115 Å². The van der Waals surface area contributed by atoms with Crippen molar-refractivity contribution in [2.75, 3.05) is 13.1 Å². The number of carbonyl (C=O) groups is 1. The van der Waals surface area contributed by atoms with Crippen LogP contribution in [0.2, 0.25) is 0 Å². The first-order chi connectivity index (χ1) is 9.04. The van der Waals surface area contributed by atoms with Gasteiger partial charge in [0.1, 0.15) is 0 Å². The number of piperidine rings is 1. The molecule has 2 unspecified atom stereocenters. The molecule has 0 bridgehead atoms. The number of likely N-dealkylation sites (tertiary alicyclic amines) is 1. The molecule has 0 spiro atoms. The van der Waals surface area contributed by atoms with Crippen molar-refractivity contribution >= 4 is 5.91 Å². The van der Waals surface area contributed by atoms with E-state index in [0.717, 1.165) is 37.1 Å². The van der Waals surface area contributed by atoms with Crippen molar-refractivity contribution in [1.82, 2.24) is 4.90 Å². The van der Waals surface area contributed by atoms with Gasteiger partial charge >= 0.3 is 0 Å². The Balaban J connectivity index is 2.18. The Hall–Kier alpha value is -1.35. The van der Waals surface area contributed by atoms with Gasteiger partial charge in [-0.3, -0.25) is 4.79 Å². The maximum Gasteiger partial charge on any atom is 0.254 e. The molecule has 1 fully saturated rings. The third-order valence-electron chi connectivity index (χ3n) is 4.44. The predicted molar refractivity (Wildman–Crippen MR) is 78.2 cm³/mol. The number of aryl methyl sites for hydroxylation is 1. The summed E-state index contributed by atoms with van der Waals surface area (Å²) < 4.78 is 0. The molecule has 3 nitrogen and oxygen atoms in total. The van der Waals surface area contributed by atoms with Gasteiger partial charge < -0.3 is 10.6 Å². The molecule has 3 heteroatoms. The first kappa shape index (κ1) is 14.1. The molecule has 1 saturated heterocycles. The van der Waals surface area contributed by atoms with Crippen LogP contribution in [0.5, 0.6) is 0 Å². The van der Waals surface area contributed by atoms with Crippen LogP contribution in [0.1, 0.15) is 41.3 Å². The summed E-state index contributed by atoms with van der Waals surface area (Å²) in [4.78, 5) is 14.6. The third-order valence-corrected chi connectivity index (χ3v) is 4.44. The minimum atomic E-state index is 0.159. The van der Waals surface area contributed by atoms with Gasteiger partial charge in [0, 0.05) is 24.7 Å². The van der Waals surface area contributed by atoms with Crippen LogP contribution in [0.3, 0.4) is 0 Å². The van der Waals surface area contributed by atoms with Crippen molar-refractivity contribution < 1.29 is 4.79 Å². The summed E-state index contributed by atoms with van der Waals surface area (Å²) in [5, 5.41) is 0. The highest BCUT2D eigenvalue weighted by molar-refractivity contribution is 5.96. The van der Waals surface area contributed by atoms with E-state index in [2.05, 4.69) is 6.92 Å². The Kier molecular flexibility index (Phi) is 4.25. The molecular formula is C16H24N2O. The van der Waals surface area contributed by atoms with Crippen LogP contribution in [0.4, 0.5) is 0 Å². The topological polar surface area (TPSA) is 46.3 Å². The molecule has 0 saturated carbocycles. The number of hydrogen-bond donors (Lipinski definition) is 1. The lowest BCUT2D eigenvalue weighted by Gasteiger charge is -2.36. The van der Waals surface area contributed by atoms with Gasteiger partial charge in [0.2, 0.25) is 0 Å². The zero-order valence-electron chi connectivity index (χ0n) is 12.1. The van der Waals surface area contributed by atoms with Crippen LogP contribution >= 0.6 is 0 Å². The molecular weight excluding hydrogens is 236 g/mol. The van der Waals surface area contributed by atoms with Gasteiger partial charge in [0.05, 0.1) is 0 Å². The molecule has 1 heterocycles. The predicted octanol–water partition coefficient (Wildman–Crippen LogP) is 2.50. The second-order valence-corrected chi connectivity index (χ2v) is 5.62. The van der Waals surface area contributed by atoms with Gasteiger partial charge in [0.25, 0.3) is 5.91 Å². The Morgan fingerprint density at radius 3 is 2.84 bits per heavy atom. The third kappa shape index (κ3) is 2.81. The summed E-state index contributed by atoms with van der Waals surface area (Å²) in [7, 11) is 0. The van der Waals surface area contributed by atoms with Crippen LogP contribution in [0.25, 0.3) is 0 Å². The molecule has 0 aliphatic carbocycles. The van der Waals surface area contributed by atoms with Crippen molar-refractivity contribution in [3.8, 4) is 0 Å². The summed E-state index contributed by atoms with van der Waals surface area (Å²) >= 11 is 0.